The van der Waals surface area contributed by atoms with Gasteiger partial charge in [0.2, 0.25) is 5.91 Å². The van der Waals surface area contributed by atoms with E-state index in [1.807, 2.05) is 60.0 Å². The molecule has 0 atom stereocenters. The number of amides is 1. The Morgan fingerprint density at radius 1 is 1.19 bits per heavy atom. The van der Waals surface area contributed by atoms with Crippen LogP contribution >= 0.6 is 11.3 Å². The average Bonchev–Trinajstić information content (AvgIpc) is 3.33. The van der Waals surface area contributed by atoms with Crippen LogP contribution in [-0.4, -0.2) is 18.0 Å². The van der Waals surface area contributed by atoms with Crippen molar-refractivity contribution in [2.45, 2.75) is 0 Å². The molecule has 1 N–H and O–H groups in total. The van der Waals surface area contributed by atoms with Crippen molar-refractivity contribution in [1.82, 2.24) is 4.98 Å². The summed E-state index contributed by atoms with van der Waals surface area (Å²) in [4.78, 5) is 16.5. The van der Waals surface area contributed by atoms with Gasteiger partial charge in [-0.3, -0.25) is 10.1 Å². The molecular weight excluding hydrogens is 360 g/mol. The molecule has 1 amide bonds. The minimum atomic E-state index is -0.231. The zero-order valence-electron chi connectivity index (χ0n) is 14.5. The van der Waals surface area contributed by atoms with Crippen LogP contribution in [0, 0.1) is 0 Å². The molecule has 2 heterocycles. The van der Waals surface area contributed by atoms with Gasteiger partial charge in [0.15, 0.2) is 22.2 Å². The number of carbonyl (C=O) groups excluding carboxylic acids is 1. The van der Waals surface area contributed by atoms with Crippen molar-refractivity contribution in [3.8, 4) is 17.2 Å². The molecule has 2 aromatic carbocycles. The normalized spacial score (nSPS) is 11.1. The van der Waals surface area contributed by atoms with Crippen molar-refractivity contribution < 1.29 is 13.9 Å². The van der Waals surface area contributed by atoms with E-state index in [4.69, 9.17) is 9.15 Å². The highest BCUT2D eigenvalue weighted by Crippen LogP contribution is 2.34. The van der Waals surface area contributed by atoms with Crippen LogP contribution in [0.4, 0.5) is 5.13 Å². The fourth-order valence-electron chi connectivity index (χ4n) is 2.65. The molecule has 0 aliphatic heterocycles. The molecule has 27 heavy (non-hydrogen) atoms. The predicted octanol–water partition coefficient (Wildman–Crippen LogP) is 5.22. The smallest absolute Gasteiger partial charge is 0.250 e. The molecule has 6 heteroatoms. The maximum Gasteiger partial charge on any atom is 0.250 e. The second-order valence-corrected chi connectivity index (χ2v) is 6.62. The molecule has 5 nitrogen and oxygen atoms in total. The first kappa shape index (κ1) is 17.1. The molecule has 0 aliphatic carbocycles. The van der Waals surface area contributed by atoms with E-state index in [0.717, 1.165) is 10.9 Å². The summed E-state index contributed by atoms with van der Waals surface area (Å²) < 4.78 is 11.2. The largest absolute Gasteiger partial charge is 0.493 e. The molecule has 0 bridgehead atoms. The maximum atomic E-state index is 12.1. The van der Waals surface area contributed by atoms with Gasteiger partial charge in [0.1, 0.15) is 5.69 Å². The lowest BCUT2D eigenvalue weighted by Gasteiger charge is -1.98. The quantitative estimate of drug-likeness (QED) is 0.485. The second kappa shape index (κ2) is 7.47. The third-order valence-corrected chi connectivity index (χ3v) is 4.70. The highest BCUT2D eigenvalue weighted by molar-refractivity contribution is 7.14. The van der Waals surface area contributed by atoms with Crippen LogP contribution in [0.1, 0.15) is 5.56 Å². The number of fused-ring (bicyclic) bond motifs is 1. The topological polar surface area (TPSA) is 64.4 Å². The molecule has 4 rings (SSSR count). The molecule has 0 fully saturated rings. The van der Waals surface area contributed by atoms with Gasteiger partial charge in [0.25, 0.3) is 0 Å². The van der Waals surface area contributed by atoms with E-state index in [-0.39, 0.29) is 5.91 Å². The summed E-state index contributed by atoms with van der Waals surface area (Å²) in [5, 5.41) is 6.07. The minimum Gasteiger partial charge on any atom is -0.493 e. The van der Waals surface area contributed by atoms with Gasteiger partial charge in [-0.15, -0.1) is 11.3 Å². The fourth-order valence-corrected chi connectivity index (χ4v) is 3.35. The number of furan rings is 1. The number of carbonyl (C=O) groups is 1. The van der Waals surface area contributed by atoms with E-state index in [0.29, 0.717) is 27.9 Å². The molecule has 0 aliphatic rings. The number of para-hydroxylation sites is 1. The van der Waals surface area contributed by atoms with Crippen LogP contribution in [0.5, 0.6) is 5.75 Å². The fraction of sp³-hybridized carbons (Fsp3) is 0.0476. The van der Waals surface area contributed by atoms with Gasteiger partial charge in [0, 0.05) is 16.8 Å². The van der Waals surface area contributed by atoms with Crippen molar-refractivity contribution in [2.24, 2.45) is 0 Å². The van der Waals surface area contributed by atoms with Crippen molar-refractivity contribution in [3.63, 3.8) is 0 Å². The van der Waals surface area contributed by atoms with Crippen molar-refractivity contribution >= 4 is 39.4 Å². The highest BCUT2D eigenvalue weighted by atomic mass is 32.1. The van der Waals surface area contributed by atoms with Crippen molar-refractivity contribution in [2.75, 3.05) is 12.4 Å². The Kier molecular flexibility index (Phi) is 4.72. The monoisotopic (exact) mass is 376 g/mol. The zero-order valence-corrected chi connectivity index (χ0v) is 15.3. The lowest BCUT2D eigenvalue weighted by Crippen LogP contribution is -2.07. The van der Waals surface area contributed by atoms with Crippen LogP contribution < -0.4 is 10.1 Å². The lowest BCUT2D eigenvalue weighted by molar-refractivity contribution is -0.111. The molecule has 0 unspecified atom stereocenters. The Bertz CT molecular complexity index is 1110. The Morgan fingerprint density at radius 3 is 2.85 bits per heavy atom. The van der Waals surface area contributed by atoms with Gasteiger partial charge in [0.05, 0.1) is 7.11 Å². The number of nitrogens with one attached hydrogen (secondary N) is 1. The van der Waals surface area contributed by atoms with Crippen LogP contribution in [0.3, 0.4) is 0 Å². The Labute approximate surface area is 159 Å². The Balaban J connectivity index is 1.50. The Morgan fingerprint density at radius 2 is 2.04 bits per heavy atom. The molecule has 134 valence electrons. The number of rotatable bonds is 5. The SMILES string of the molecule is COc1cccc2cc(-c3csc(NC(=O)C=Cc4ccccc4)n3)oc12. The third-order valence-electron chi connectivity index (χ3n) is 3.94. The van der Waals surface area contributed by atoms with Crippen LogP contribution in [0.2, 0.25) is 0 Å². The van der Waals surface area contributed by atoms with E-state index in [1.165, 1.54) is 17.4 Å². The minimum absolute atomic E-state index is 0.231. The summed E-state index contributed by atoms with van der Waals surface area (Å²) in [5.41, 5.74) is 2.31. The van der Waals surface area contributed by atoms with E-state index in [1.54, 1.807) is 13.2 Å². The number of methoxy groups -OCH3 is 1. The average molecular weight is 376 g/mol. The number of aromatic nitrogens is 1. The van der Waals surface area contributed by atoms with E-state index in [9.17, 15) is 4.79 Å². The molecule has 4 aromatic rings. The first-order chi connectivity index (χ1) is 13.2. The summed E-state index contributed by atoms with van der Waals surface area (Å²) in [6.45, 7) is 0. The van der Waals surface area contributed by atoms with Gasteiger partial charge >= 0.3 is 0 Å². The van der Waals surface area contributed by atoms with Gasteiger partial charge in [-0.05, 0) is 23.8 Å². The predicted molar refractivity (Wildman–Crippen MR) is 108 cm³/mol. The van der Waals surface area contributed by atoms with Gasteiger partial charge < -0.3 is 9.15 Å². The summed E-state index contributed by atoms with van der Waals surface area (Å²) in [5.74, 6) is 1.07. The number of hydrogen-bond acceptors (Lipinski definition) is 5. The molecule has 0 spiro atoms. The summed E-state index contributed by atoms with van der Waals surface area (Å²) in [6, 6.07) is 17.3. The van der Waals surface area contributed by atoms with E-state index < -0.39 is 0 Å². The van der Waals surface area contributed by atoms with Gasteiger partial charge in [-0.1, -0.05) is 42.5 Å². The van der Waals surface area contributed by atoms with Crippen molar-refractivity contribution in [1.29, 1.82) is 0 Å². The number of anilines is 1. The third kappa shape index (κ3) is 3.75. The van der Waals surface area contributed by atoms with E-state index in [2.05, 4.69) is 10.3 Å². The maximum absolute atomic E-state index is 12.1. The molecule has 0 saturated carbocycles. The molecule has 0 saturated heterocycles. The van der Waals surface area contributed by atoms with Crippen LogP contribution in [0.25, 0.3) is 28.5 Å². The molecular formula is C21H16N2O3S. The zero-order chi connectivity index (χ0) is 18.6. The first-order valence-electron chi connectivity index (χ1n) is 8.29. The van der Waals surface area contributed by atoms with Crippen LogP contribution in [0.15, 0.2) is 70.5 Å². The molecule has 2 aromatic heterocycles. The number of benzene rings is 2. The van der Waals surface area contributed by atoms with Gasteiger partial charge in [-0.2, -0.15) is 0 Å². The second-order valence-electron chi connectivity index (χ2n) is 5.76. The summed E-state index contributed by atoms with van der Waals surface area (Å²) in [6.07, 6.45) is 3.25. The standard InChI is InChI=1S/C21H16N2O3S/c1-25-17-9-5-8-15-12-18(26-20(15)17)16-13-27-21(22-16)23-19(24)11-10-14-6-3-2-4-7-14/h2-13H,1H3,(H,22,23,24). The highest BCUT2D eigenvalue weighted by Gasteiger charge is 2.13. The first-order valence-corrected chi connectivity index (χ1v) is 9.17. The number of thiazole rings is 1. The Hall–Kier alpha value is -3.38. The summed E-state index contributed by atoms with van der Waals surface area (Å²) in [7, 11) is 1.61. The lowest BCUT2D eigenvalue weighted by atomic mass is 10.2. The van der Waals surface area contributed by atoms with Crippen molar-refractivity contribution in [3.05, 3.63) is 71.6 Å². The van der Waals surface area contributed by atoms with Crippen LogP contribution in [-0.2, 0) is 4.79 Å². The van der Waals surface area contributed by atoms with Gasteiger partial charge in [-0.25, -0.2) is 4.98 Å². The van der Waals surface area contributed by atoms with E-state index >= 15 is 0 Å². The summed E-state index contributed by atoms with van der Waals surface area (Å²) >= 11 is 1.35. The number of hydrogen-bond donors (Lipinski definition) is 1. The number of ether oxygens (including phenoxy) is 1. The molecule has 0 radical (unpaired) electrons. The number of nitrogens with zero attached hydrogens (tertiary/aromatic N) is 1.